The molecule has 0 aliphatic heterocycles. The van der Waals surface area contributed by atoms with E-state index in [1.807, 2.05) is 12.1 Å². The second kappa shape index (κ2) is 5.89. The first-order valence-corrected chi connectivity index (χ1v) is 6.74. The number of amides is 1. The number of hydroxylamine groups is 2. The van der Waals surface area contributed by atoms with Gasteiger partial charge < -0.3 is 0 Å². The van der Waals surface area contributed by atoms with E-state index in [1.165, 1.54) is 17.7 Å². The van der Waals surface area contributed by atoms with Crippen LogP contribution in [0.3, 0.4) is 0 Å². The predicted octanol–water partition coefficient (Wildman–Crippen LogP) is 3.17. The maximum absolute atomic E-state index is 10.8. The third kappa shape index (κ3) is 3.24. The third-order valence-corrected chi connectivity index (χ3v) is 3.63. The molecule has 2 aromatic carbocycles. The molecule has 0 aromatic heterocycles. The number of carbonyl (C=O) groups is 1. The highest BCUT2D eigenvalue weighted by molar-refractivity contribution is 7.99. The van der Waals surface area contributed by atoms with E-state index >= 15 is 0 Å². The zero-order valence-corrected chi connectivity index (χ0v) is 11.0. The van der Waals surface area contributed by atoms with E-state index < -0.39 is 0 Å². The highest BCUT2D eigenvalue weighted by Crippen LogP contribution is 2.23. The zero-order chi connectivity index (χ0) is 13.0. The van der Waals surface area contributed by atoms with Crippen molar-refractivity contribution < 1.29 is 10.0 Å². The van der Waals surface area contributed by atoms with Crippen molar-refractivity contribution in [1.82, 2.24) is 5.06 Å². The molecule has 0 radical (unpaired) electrons. The Morgan fingerprint density at radius 3 is 2.67 bits per heavy atom. The van der Waals surface area contributed by atoms with Crippen LogP contribution in [0.15, 0.2) is 47.4 Å². The number of benzene rings is 2. The number of fused-ring (bicyclic) bond motifs is 1. The maximum atomic E-state index is 10.8. The molecule has 0 fully saturated rings. The number of hydrogen-bond donors (Lipinski definition) is 1. The number of hydrogen-bond acceptors (Lipinski definition) is 3. The van der Waals surface area contributed by atoms with Crippen LogP contribution < -0.4 is 0 Å². The fraction of sp³-hybridized carbons (Fsp3) is 0.214. The quantitative estimate of drug-likeness (QED) is 0.522. The van der Waals surface area contributed by atoms with Crippen molar-refractivity contribution in [2.24, 2.45) is 0 Å². The molecule has 0 heterocycles. The van der Waals surface area contributed by atoms with Crippen molar-refractivity contribution in [2.45, 2.75) is 11.8 Å². The van der Waals surface area contributed by atoms with Crippen molar-refractivity contribution in [3.63, 3.8) is 0 Å². The summed E-state index contributed by atoms with van der Waals surface area (Å²) in [7, 11) is 0. The van der Waals surface area contributed by atoms with Crippen LogP contribution in [0.1, 0.15) is 6.92 Å². The van der Waals surface area contributed by atoms with Crippen LogP contribution in [0.2, 0.25) is 0 Å². The number of rotatable bonds is 4. The molecule has 0 unspecified atom stereocenters. The zero-order valence-electron chi connectivity index (χ0n) is 10.2. The Hall–Kier alpha value is -1.52. The minimum absolute atomic E-state index is 0.325. The van der Waals surface area contributed by atoms with E-state index in [1.54, 1.807) is 11.8 Å². The summed E-state index contributed by atoms with van der Waals surface area (Å²) in [5, 5.41) is 12.4. The van der Waals surface area contributed by atoms with Crippen LogP contribution in [0.4, 0.5) is 0 Å². The molecule has 94 valence electrons. The predicted molar refractivity (Wildman–Crippen MR) is 73.8 cm³/mol. The van der Waals surface area contributed by atoms with Crippen molar-refractivity contribution in [3.8, 4) is 0 Å². The van der Waals surface area contributed by atoms with Gasteiger partial charge in [-0.25, -0.2) is 5.06 Å². The summed E-state index contributed by atoms with van der Waals surface area (Å²) in [5.74, 6) is 0.350. The van der Waals surface area contributed by atoms with E-state index in [9.17, 15) is 10.0 Å². The van der Waals surface area contributed by atoms with Gasteiger partial charge >= 0.3 is 0 Å². The molecule has 0 saturated heterocycles. The normalized spacial score (nSPS) is 10.6. The summed E-state index contributed by atoms with van der Waals surface area (Å²) in [6.07, 6.45) is 0. The van der Waals surface area contributed by atoms with Gasteiger partial charge in [0.05, 0.1) is 6.54 Å². The van der Waals surface area contributed by atoms with Crippen LogP contribution >= 0.6 is 11.8 Å². The largest absolute Gasteiger partial charge is 0.286 e. The summed E-state index contributed by atoms with van der Waals surface area (Å²) in [6, 6.07) is 14.5. The highest BCUT2D eigenvalue weighted by atomic mass is 32.2. The van der Waals surface area contributed by atoms with E-state index in [2.05, 4.69) is 30.3 Å². The summed E-state index contributed by atoms with van der Waals surface area (Å²) in [5.41, 5.74) is 0. The first kappa shape index (κ1) is 12.9. The van der Waals surface area contributed by atoms with Crippen molar-refractivity contribution >= 4 is 28.4 Å². The van der Waals surface area contributed by atoms with E-state index in [4.69, 9.17) is 0 Å². The van der Waals surface area contributed by atoms with Gasteiger partial charge in [-0.1, -0.05) is 30.3 Å². The van der Waals surface area contributed by atoms with Crippen LogP contribution in [0.5, 0.6) is 0 Å². The standard InChI is InChI=1S/C14H15NO2S/c1-11(16)15(17)8-9-18-14-7-6-12-4-2-3-5-13(12)10-14/h2-7,10,17H,8-9H2,1H3. The monoisotopic (exact) mass is 261 g/mol. The molecule has 1 amide bonds. The summed E-state index contributed by atoms with van der Waals surface area (Å²) < 4.78 is 0. The van der Waals surface area contributed by atoms with Gasteiger partial charge in [0.25, 0.3) is 0 Å². The van der Waals surface area contributed by atoms with Gasteiger partial charge in [-0.05, 0) is 22.9 Å². The van der Waals surface area contributed by atoms with E-state index in [0.29, 0.717) is 12.3 Å². The Morgan fingerprint density at radius 2 is 1.94 bits per heavy atom. The van der Waals surface area contributed by atoms with Crippen LogP contribution in [-0.4, -0.2) is 28.5 Å². The fourth-order valence-corrected chi connectivity index (χ4v) is 2.54. The van der Waals surface area contributed by atoms with E-state index in [0.717, 1.165) is 9.96 Å². The average Bonchev–Trinajstić information content (AvgIpc) is 2.38. The molecule has 18 heavy (non-hydrogen) atoms. The minimum atomic E-state index is -0.325. The van der Waals surface area contributed by atoms with Gasteiger partial charge in [-0.2, -0.15) is 0 Å². The number of carbonyl (C=O) groups excluding carboxylic acids is 1. The molecular weight excluding hydrogens is 246 g/mol. The molecule has 0 spiro atoms. The fourth-order valence-electron chi connectivity index (χ4n) is 1.66. The molecule has 0 atom stereocenters. The smallest absolute Gasteiger partial charge is 0.242 e. The molecule has 0 saturated carbocycles. The average molecular weight is 261 g/mol. The summed E-state index contributed by atoms with van der Waals surface area (Å²) >= 11 is 1.63. The van der Waals surface area contributed by atoms with Gasteiger partial charge in [0, 0.05) is 17.6 Å². The van der Waals surface area contributed by atoms with E-state index in [-0.39, 0.29) is 5.91 Å². The third-order valence-electron chi connectivity index (χ3n) is 2.66. The Labute approximate surface area is 110 Å². The minimum Gasteiger partial charge on any atom is -0.286 e. The van der Waals surface area contributed by atoms with Crippen LogP contribution in [0.25, 0.3) is 10.8 Å². The topological polar surface area (TPSA) is 40.5 Å². The van der Waals surface area contributed by atoms with Gasteiger partial charge in [-0.15, -0.1) is 11.8 Å². The van der Waals surface area contributed by atoms with Gasteiger partial charge in [0.2, 0.25) is 5.91 Å². The first-order chi connectivity index (χ1) is 8.66. The lowest BCUT2D eigenvalue weighted by molar-refractivity contribution is -0.161. The number of thioether (sulfide) groups is 1. The van der Waals surface area contributed by atoms with Gasteiger partial charge in [0.1, 0.15) is 0 Å². The second-order valence-corrected chi connectivity index (χ2v) is 5.17. The van der Waals surface area contributed by atoms with Crippen molar-refractivity contribution in [1.29, 1.82) is 0 Å². The summed E-state index contributed by atoms with van der Waals surface area (Å²) in [4.78, 5) is 12.0. The summed E-state index contributed by atoms with van der Waals surface area (Å²) in [6.45, 7) is 1.69. The van der Waals surface area contributed by atoms with Crippen molar-refractivity contribution in [3.05, 3.63) is 42.5 Å². The molecule has 0 aliphatic rings. The lowest BCUT2D eigenvalue weighted by atomic mass is 10.1. The maximum Gasteiger partial charge on any atom is 0.242 e. The molecule has 1 N–H and O–H groups in total. The Balaban J connectivity index is 1.98. The second-order valence-electron chi connectivity index (χ2n) is 4.00. The molecule has 2 rings (SSSR count). The van der Waals surface area contributed by atoms with Crippen LogP contribution in [0, 0.1) is 0 Å². The van der Waals surface area contributed by atoms with Crippen LogP contribution in [-0.2, 0) is 4.79 Å². The van der Waals surface area contributed by atoms with Gasteiger partial charge in [0.15, 0.2) is 0 Å². The SMILES string of the molecule is CC(=O)N(O)CCSc1ccc2ccccc2c1. The molecular formula is C14H15NO2S. The van der Waals surface area contributed by atoms with Crippen molar-refractivity contribution in [2.75, 3.05) is 12.3 Å². The van der Waals surface area contributed by atoms with Gasteiger partial charge in [-0.3, -0.25) is 10.0 Å². The molecule has 2 aromatic rings. The first-order valence-electron chi connectivity index (χ1n) is 5.75. The molecule has 0 aliphatic carbocycles. The molecule has 3 nitrogen and oxygen atoms in total. The molecule has 4 heteroatoms. The Kier molecular flexibility index (Phi) is 4.23. The highest BCUT2D eigenvalue weighted by Gasteiger charge is 2.04. The molecule has 0 bridgehead atoms. The lowest BCUT2D eigenvalue weighted by Crippen LogP contribution is -2.26. The number of nitrogens with zero attached hydrogens (tertiary/aromatic N) is 1. The Morgan fingerprint density at radius 1 is 1.22 bits per heavy atom. The Bertz CT molecular complexity index is 556. The lowest BCUT2D eigenvalue weighted by Gasteiger charge is -2.11.